The number of carbonyl (C=O) groups is 1. The lowest BCUT2D eigenvalue weighted by atomic mass is 9.98. The van der Waals surface area contributed by atoms with Gasteiger partial charge in [0.2, 0.25) is 5.91 Å². The molecule has 2 heterocycles. The van der Waals surface area contributed by atoms with Crippen LogP contribution in [0.25, 0.3) is 5.69 Å². The Morgan fingerprint density at radius 1 is 1.08 bits per heavy atom. The number of para-hydroxylation sites is 1. The minimum atomic E-state index is -0.640. The zero-order valence-electron chi connectivity index (χ0n) is 20.9. The molecule has 1 aromatic heterocycles. The minimum absolute atomic E-state index is 0.0533. The molecule has 1 fully saturated rings. The van der Waals surface area contributed by atoms with Crippen LogP contribution in [-0.2, 0) is 17.6 Å². The molecular weight excluding hydrogens is 462 g/mol. The van der Waals surface area contributed by atoms with Crippen molar-refractivity contribution in [3.8, 4) is 11.4 Å². The number of hydrogen-bond acceptors (Lipinski definition) is 4. The standard InChI is InChI=1S/C28H34F2N4O2/c1-20(2)12-26-16-24(32-34(26)25-6-4-3-5-7-25)17-28(35)31-19-33-10-8-21(9-11-33)18-36-27-14-22(29)13-23(30)15-27/h3-7,13-16,20-21H,8-12,17-19H2,1-2H3,(H,31,35). The fraction of sp³-hybridized carbons (Fsp3) is 0.429. The summed E-state index contributed by atoms with van der Waals surface area (Å²) < 4.78 is 34.2. The lowest BCUT2D eigenvalue weighted by Gasteiger charge is -2.31. The molecule has 192 valence electrons. The fourth-order valence-electron chi connectivity index (χ4n) is 4.48. The lowest BCUT2D eigenvalue weighted by Crippen LogP contribution is -2.43. The first-order chi connectivity index (χ1) is 17.4. The second-order valence-electron chi connectivity index (χ2n) is 9.88. The number of amides is 1. The predicted octanol–water partition coefficient (Wildman–Crippen LogP) is 4.76. The van der Waals surface area contributed by atoms with Gasteiger partial charge in [-0.15, -0.1) is 0 Å². The summed E-state index contributed by atoms with van der Waals surface area (Å²) in [6.07, 6.45) is 2.91. The van der Waals surface area contributed by atoms with E-state index in [-0.39, 0.29) is 18.1 Å². The van der Waals surface area contributed by atoms with Crippen LogP contribution in [0, 0.1) is 23.5 Å². The molecule has 1 N–H and O–H groups in total. The molecule has 1 aliphatic heterocycles. The van der Waals surface area contributed by atoms with Crippen molar-refractivity contribution in [2.45, 2.75) is 39.5 Å². The molecule has 0 saturated carbocycles. The van der Waals surface area contributed by atoms with Crippen LogP contribution >= 0.6 is 0 Å². The molecule has 0 bridgehead atoms. The van der Waals surface area contributed by atoms with Gasteiger partial charge in [0.25, 0.3) is 0 Å². The van der Waals surface area contributed by atoms with Crippen molar-refractivity contribution >= 4 is 5.91 Å². The zero-order valence-corrected chi connectivity index (χ0v) is 20.9. The Morgan fingerprint density at radius 2 is 1.78 bits per heavy atom. The minimum Gasteiger partial charge on any atom is -0.493 e. The van der Waals surface area contributed by atoms with E-state index in [0.717, 1.165) is 55.5 Å². The second-order valence-corrected chi connectivity index (χ2v) is 9.88. The number of nitrogens with zero attached hydrogens (tertiary/aromatic N) is 3. The van der Waals surface area contributed by atoms with Crippen LogP contribution in [0.15, 0.2) is 54.6 Å². The van der Waals surface area contributed by atoms with E-state index in [1.807, 2.05) is 41.1 Å². The number of likely N-dealkylation sites (tertiary alicyclic amines) is 1. The van der Waals surface area contributed by atoms with Crippen molar-refractivity contribution in [2.75, 3.05) is 26.4 Å². The smallest absolute Gasteiger partial charge is 0.227 e. The number of ether oxygens (including phenoxy) is 1. The van der Waals surface area contributed by atoms with Gasteiger partial charge in [0, 0.05) is 37.0 Å². The highest BCUT2D eigenvalue weighted by Crippen LogP contribution is 2.21. The van der Waals surface area contributed by atoms with Gasteiger partial charge in [-0.05, 0) is 49.3 Å². The third-order valence-electron chi connectivity index (χ3n) is 6.32. The van der Waals surface area contributed by atoms with Crippen LogP contribution < -0.4 is 10.1 Å². The molecule has 0 radical (unpaired) electrons. The van der Waals surface area contributed by atoms with E-state index in [4.69, 9.17) is 9.84 Å². The molecule has 6 nitrogen and oxygen atoms in total. The third kappa shape index (κ3) is 7.37. The molecule has 2 aromatic carbocycles. The first-order valence-corrected chi connectivity index (χ1v) is 12.6. The molecule has 1 saturated heterocycles. The van der Waals surface area contributed by atoms with E-state index in [0.29, 0.717) is 25.1 Å². The Balaban J connectivity index is 1.23. The average Bonchev–Trinajstić information content (AvgIpc) is 3.23. The van der Waals surface area contributed by atoms with Crippen LogP contribution in [0.3, 0.4) is 0 Å². The van der Waals surface area contributed by atoms with Gasteiger partial charge in [0.05, 0.1) is 31.1 Å². The SMILES string of the molecule is CC(C)Cc1cc(CC(=O)NCN2CCC(COc3cc(F)cc(F)c3)CC2)nn1-c1ccccc1. The summed E-state index contributed by atoms with van der Waals surface area (Å²) in [4.78, 5) is 14.8. The molecule has 0 aliphatic carbocycles. The topological polar surface area (TPSA) is 59.4 Å². The largest absolute Gasteiger partial charge is 0.493 e. The van der Waals surface area contributed by atoms with Crippen LogP contribution in [0.1, 0.15) is 38.1 Å². The van der Waals surface area contributed by atoms with Crippen LogP contribution in [0.5, 0.6) is 5.75 Å². The first kappa shape index (κ1) is 25.8. The molecule has 4 rings (SSSR count). The predicted molar refractivity (Wildman–Crippen MR) is 135 cm³/mol. The number of carbonyl (C=O) groups excluding carboxylic acids is 1. The number of piperidine rings is 1. The van der Waals surface area contributed by atoms with Crippen LogP contribution in [0.2, 0.25) is 0 Å². The number of benzene rings is 2. The van der Waals surface area contributed by atoms with Gasteiger partial charge in [-0.1, -0.05) is 32.0 Å². The van der Waals surface area contributed by atoms with Crippen molar-refractivity contribution in [1.29, 1.82) is 0 Å². The molecule has 3 aromatic rings. The molecule has 1 amide bonds. The summed E-state index contributed by atoms with van der Waals surface area (Å²) in [5.74, 6) is -0.327. The fourth-order valence-corrected chi connectivity index (χ4v) is 4.48. The van der Waals surface area contributed by atoms with Gasteiger partial charge in [-0.25, -0.2) is 13.5 Å². The summed E-state index contributed by atoms with van der Waals surface area (Å²) in [6, 6.07) is 15.2. The summed E-state index contributed by atoms with van der Waals surface area (Å²) in [6.45, 7) is 6.90. The summed E-state index contributed by atoms with van der Waals surface area (Å²) in [5, 5.41) is 7.73. The van der Waals surface area contributed by atoms with Gasteiger partial charge < -0.3 is 10.1 Å². The van der Waals surface area contributed by atoms with Gasteiger partial charge >= 0.3 is 0 Å². The number of halogens is 2. The van der Waals surface area contributed by atoms with E-state index in [1.54, 1.807) is 0 Å². The summed E-state index contributed by atoms with van der Waals surface area (Å²) in [5.41, 5.74) is 2.86. The van der Waals surface area contributed by atoms with Crippen molar-refractivity contribution in [2.24, 2.45) is 11.8 Å². The maximum absolute atomic E-state index is 13.3. The highest BCUT2D eigenvalue weighted by molar-refractivity contribution is 5.78. The van der Waals surface area contributed by atoms with Gasteiger partial charge in [0.1, 0.15) is 17.4 Å². The number of nitrogens with one attached hydrogen (secondary N) is 1. The molecular formula is C28H34F2N4O2. The van der Waals surface area contributed by atoms with Crippen molar-refractivity contribution < 1.29 is 18.3 Å². The molecule has 0 unspecified atom stereocenters. The quantitative estimate of drug-likeness (QED) is 0.440. The number of aromatic nitrogens is 2. The molecule has 8 heteroatoms. The summed E-state index contributed by atoms with van der Waals surface area (Å²) >= 11 is 0. The summed E-state index contributed by atoms with van der Waals surface area (Å²) in [7, 11) is 0. The number of rotatable bonds is 10. The molecule has 0 spiro atoms. The van der Waals surface area contributed by atoms with Crippen molar-refractivity contribution in [3.05, 3.63) is 77.6 Å². The van der Waals surface area contributed by atoms with E-state index in [9.17, 15) is 13.6 Å². The van der Waals surface area contributed by atoms with Crippen LogP contribution in [0.4, 0.5) is 8.78 Å². The van der Waals surface area contributed by atoms with E-state index in [1.165, 1.54) is 12.1 Å². The van der Waals surface area contributed by atoms with E-state index < -0.39 is 11.6 Å². The van der Waals surface area contributed by atoms with E-state index >= 15 is 0 Å². The highest BCUT2D eigenvalue weighted by atomic mass is 19.1. The van der Waals surface area contributed by atoms with Gasteiger partial charge in [0.15, 0.2) is 0 Å². The zero-order chi connectivity index (χ0) is 25.5. The lowest BCUT2D eigenvalue weighted by molar-refractivity contribution is -0.121. The van der Waals surface area contributed by atoms with Crippen molar-refractivity contribution in [3.63, 3.8) is 0 Å². The normalized spacial score (nSPS) is 14.8. The Kier molecular flexibility index (Phi) is 8.70. The second kappa shape index (κ2) is 12.1. The molecule has 36 heavy (non-hydrogen) atoms. The van der Waals surface area contributed by atoms with Gasteiger partial charge in [-0.3, -0.25) is 9.69 Å². The Morgan fingerprint density at radius 3 is 2.44 bits per heavy atom. The highest BCUT2D eigenvalue weighted by Gasteiger charge is 2.21. The molecule has 1 aliphatic rings. The van der Waals surface area contributed by atoms with Crippen LogP contribution in [-0.4, -0.2) is 47.0 Å². The molecule has 0 atom stereocenters. The first-order valence-electron chi connectivity index (χ1n) is 12.6. The Labute approximate surface area is 211 Å². The Hall–Kier alpha value is -3.26. The maximum atomic E-state index is 13.3. The van der Waals surface area contributed by atoms with Gasteiger partial charge in [-0.2, -0.15) is 5.10 Å². The average molecular weight is 497 g/mol. The third-order valence-corrected chi connectivity index (χ3v) is 6.32. The number of hydrogen-bond donors (Lipinski definition) is 1. The van der Waals surface area contributed by atoms with Crippen molar-refractivity contribution in [1.82, 2.24) is 20.0 Å². The van der Waals surface area contributed by atoms with E-state index in [2.05, 4.69) is 24.1 Å². The Bertz CT molecular complexity index is 1120. The maximum Gasteiger partial charge on any atom is 0.227 e. The monoisotopic (exact) mass is 496 g/mol.